The van der Waals surface area contributed by atoms with Gasteiger partial charge in [0.05, 0.1) is 6.61 Å². The first-order chi connectivity index (χ1) is 7.75. The molecule has 0 aliphatic carbocycles. The number of para-hydroxylation sites is 1. The van der Waals surface area contributed by atoms with Crippen LogP contribution in [0.5, 0.6) is 11.5 Å². The highest BCUT2D eigenvalue weighted by molar-refractivity contribution is 5.61. The number of nitrogen functional groups attached to an aromatic ring is 1. The van der Waals surface area contributed by atoms with Crippen molar-refractivity contribution in [1.29, 1.82) is 0 Å². The number of rotatable bonds is 7. The van der Waals surface area contributed by atoms with Crippen molar-refractivity contribution in [3.05, 3.63) is 18.2 Å². The van der Waals surface area contributed by atoms with E-state index in [1.165, 1.54) is 6.07 Å². The third kappa shape index (κ3) is 3.98. The highest BCUT2D eigenvalue weighted by atomic mass is 16.5. The van der Waals surface area contributed by atoms with E-state index in [1.807, 2.05) is 0 Å². The largest absolute Gasteiger partial charge is 0.506 e. The minimum atomic E-state index is 0.0535. The molecule has 4 heteroatoms. The van der Waals surface area contributed by atoms with Gasteiger partial charge in [-0.1, -0.05) is 12.5 Å². The minimum Gasteiger partial charge on any atom is -0.506 e. The van der Waals surface area contributed by atoms with E-state index in [0.717, 1.165) is 25.7 Å². The smallest absolute Gasteiger partial charge is 0.145 e. The van der Waals surface area contributed by atoms with Crippen molar-refractivity contribution in [2.75, 3.05) is 18.9 Å². The number of hydrogen-bond donors (Lipinski definition) is 3. The fraction of sp³-hybridized carbons (Fsp3) is 0.500. The zero-order chi connectivity index (χ0) is 11.8. The van der Waals surface area contributed by atoms with Crippen molar-refractivity contribution in [2.45, 2.75) is 25.7 Å². The van der Waals surface area contributed by atoms with Crippen LogP contribution >= 0.6 is 0 Å². The van der Waals surface area contributed by atoms with Gasteiger partial charge in [0.1, 0.15) is 17.2 Å². The lowest BCUT2D eigenvalue weighted by Crippen LogP contribution is -2.00. The Balaban J connectivity index is 2.24. The van der Waals surface area contributed by atoms with E-state index >= 15 is 0 Å². The molecule has 90 valence electrons. The normalized spacial score (nSPS) is 10.3. The number of phenols is 1. The number of unbranched alkanes of at least 4 members (excludes halogenated alkanes) is 3. The molecular weight excluding hydrogens is 206 g/mol. The van der Waals surface area contributed by atoms with Crippen LogP contribution in [0, 0.1) is 0 Å². The van der Waals surface area contributed by atoms with Crippen molar-refractivity contribution >= 4 is 5.69 Å². The van der Waals surface area contributed by atoms with Gasteiger partial charge >= 0.3 is 0 Å². The molecule has 0 aromatic heterocycles. The average molecular weight is 225 g/mol. The first-order valence-electron chi connectivity index (χ1n) is 5.57. The van der Waals surface area contributed by atoms with E-state index in [-0.39, 0.29) is 18.0 Å². The monoisotopic (exact) mass is 225 g/mol. The number of benzene rings is 1. The molecule has 0 aliphatic heterocycles. The number of anilines is 1. The second-order valence-electron chi connectivity index (χ2n) is 3.68. The van der Waals surface area contributed by atoms with Crippen LogP contribution in [0.2, 0.25) is 0 Å². The summed E-state index contributed by atoms with van der Waals surface area (Å²) in [7, 11) is 0. The maximum Gasteiger partial charge on any atom is 0.145 e. The number of nitrogens with two attached hydrogens (primary N) is 1. The molecule has 0 radical (unpaired) electrons. The van der Waals surface area contributed by atoms with Gasteiger partial charge in [-0.3, -0.25) is 0 Å². The van der Waals surface area contributed by atoms with Gasteiger partial charge in [-0.15, -0.1) is 0 Å². The summed E-state index contributed by atoms with van der Waals surface area (Å²) in [6.07, 6.45) is 3.80. The van der Waals surface area contributed by atoms with Crippen LogP contribution in [0.15, 0.2) is 18.2 Å². The Hall–Kier alpha value is -1.42. The quantitative estimate of drug-likeness (QED) is 0.376. The summed E-state index contributed by atoms with van der Waals surface area (Å²) in [6, 6.07) is 4.97. The maximum absolute atomic E-state index is 9.34. The van der Waals surface area contributed by atoms with Crippen LogP contribution in [-0.2, 0) is 0 Å². The van der Waals surface area contributed by atoms with Crippen molar-refractivity contribution in [3.8, 4) is 11.5 Å². The molecule has 0 amide bonds. The molecule has 4 nitrogen and oxygen atoms in total. The molecular formula is C12H19NO3. The third-order valence-corrected chi connectivity index (χ3v) is 2.35. The van der Waals surface area contributed by atoms with Gasteiger partial charge in [-0.05, 0) is 31.4 Å². The summed E-state index contributed by atoms with van der Waals surface area (Å²) in [6.45, 7) is 0.833. The summed E-state index contributed by atoms with van der Waals surface area (Å²) < 4.78 is 5.45. The molecule has 0 spiro atoms. The predicted molar refractivity (Wildman–Crippen MR) is 63.6 cm³/mol. The molecule has 0 atom stereocenters. The standard InChI is InChI=1S/C12H19NO3/c13-12-10(15)6-5-7-11(12)16-9-4-2-1-3-8-14/h5-7,14-15H,1-4,8-9,13H2. The van der Waals surface area contributed by atoms with Crippen molar-refractivity contribution in [3.63, 3.8) is 0 Å². The highest BCUT2D eigenvalue weighted by Crippen LogP contribution is 2.29. The van der Waals surface area contributed by atoms with Crippen LogP contribution in [0.1, 0.15) is 25.7 Å². The van der Waals surface area contributed by atoms with Crippen LogP contribution in [0.3, 0.4) is 0 Å². The Morgan fingerprint density at radius 1 is 1.12 bits per heavy atom. The summed E-state index contributed by atoms with van der Waals surface area (Å²) in [5, 5.41) is 17.9. The predicted octanol–water partition coefficient (Wildman–Crippen LogP) is 1.91. The SMILES string of the molecule is Nc1c(O)cccc1OCCCCCCO. The number of aromatic hydroxyl groups is 1. The van der Waals surface area contributed by atoms with Crippen LogP contribution in [0.25, 0.3) is 0 Å². The fourth-order valence-corrected chi connectivity index (χ4v) is 1.41. The summed E-state index contributed by atoms with van der Waals surface area (Å²) >= 11 is 0. The first-order valence-corrected chi connectivity index (χ1v) is 5.57. The summed E-state index contributed by atoms with van der Waals surface area (Å²) in [5.74, 6) is 0.583. The zero-order valence-electron chi connectivity index (χ0n) is 9.35. The summed E-state index contributed by atoms with van der Waals surface area (Å²) in [5.41, 5.74) is 5.93. The van der Waals surface area contributed by atoms with Gasteiger partial charge in [-0.2, -0.15) is 0 Å². The van der Waals surface area contributed by atoms with E-state index in [2.05, 4.69) is 0 Å². The average Bonchev–Trinajstić information content (AvgIpc) is 2.29. The van der Waals surface area contributed by atoms with Crippen LogP contribution < -0.4 is 10.5 Å². The zero-order valence-corrected chi connectivity index (χ0v) is 9.35. The minimum absolute atomic E-state index is 0.0535. The second-order valence-corrected chi connectivity index (χ2v) is 3.68. The van der Waals surface area contributed by atoms with Gasteiger partial charge in [0.25, 0.3) is 0 Å². The first kappa shape index (κ1) is 12.6. The molecule has 16 heavy (non-hydrogen) atoms. The number of ether oxygens (including phenoxy) is 1. The van der Waals surface area contributed by atoms with Crippen molar-refractivity contribution in [2.24, 2.45) is 0 Å². The summed E-state index contributed by atoms with van der Waals surface area (Å²) in [4.78, 5) is 0. The van der Waals surface area contributed by atoms with Gasteiger partial charge < -0.3 is 20.7 Å². The molecule has 0 unspecified atom stereocenters. The molecule has 0 fully saturated rings. The van der Waals surface area contributed by atoms with Gasteiger partial charge in [0, 0.05) is 6.61 Å². The Kier molecular flexibility index (Phi) is 5.50. The van der Waals surface area contributed by atoms with E-state index in [1.54, 1.807) is 12.1 Å². The van der Waals surface area contributed by atoms with Gasteiger partial charge in [0.15, 0.2) is 0 Å². The van der Waals surface area contributed by atoms with E-state index in [4.69, 9.17) is 15.6 Å². The van der Waals surface area contributed by atoms with Gasteiger partial charge in [0.2, 0.25) is 0 Å². The third-order valence-electron chi connectivity index (χ3n) is 2.35. The van der Waals surface area contributed by atoms with Crippen molar-refractivity contribution in [1.82, 2.24) is 0 Å². The second kappa shape index (κ2) is 6.95. The molecule has 1 rings (SSSR count). The number of phenolic OH excluding ortho intramolecular Hbond substituents is 1. The topological polar surface area (TPSA) is 75.7 Å². The Morgan fingerprint density at radius 2 is 1.88 bits per heavy atom. The molecule has 1 aromatic carbocycles. The molecule has 0 aliphatic rings. The van der Waals surface area contributed by atoms with E-state index in [9.17, 15) is 5.11 Å². The van der Waals surface area contributed by atoms with E-state index < -0.39 is 0 Å². The number of hydrogen-bond acceptors (Lipinski definition) is 4. The Bertz CT molecular complexity index is 315. The lowest BCUT2D eigenvalue weighted by molar-refractivity contribution is 0.273. The lowest BCUT2D eigenvalue weighted by Gasteiger charge is -2.09. The van der Waals surface area contributed by atoms with E-state index in [0.29, 0.717) is 12.4 Å². The maximum atomic E-state index is 9.34. The number of aliphatic hydroxyl groups excluding tert-OH is 1. The molecule has 0 saturated carbocycles. The molecule has 0 heterocycles. The fourth-order valence-electron chi connectivity index (χ4n) is 1.41. The van der Waals surface area contributed by atoms with Gasteiger partial charge in [-0.25, -0.2) is 0 Å². The lowest BCUT2D eigenvalue weighted by atomic mass is 10.2. The van der Waals surface area contributed by atoms with Crippen molar-refractivity contribution < 1.29 is 14.9 Å². The Morgan fingerprint density at radius 3 is 2.62 bits per heavy atom. The highest BCUT2D eigenvalue weighted by Gasteiger charge is 2.03. The Labute approximate surface area is 95.7 Å². The number of aliphatic hydroxyl groups is 1. The van der Waals surface area contributed by atoms with Crippen LogP contribution in [-0.4, -0.2) is 23.4 Å². The molecule has 1 aromatic rings. The molecule has 0 bridgehead atoms. The van der Waals surface area contributed by atoms with Crippen LogP contribution in [0.4, 0.5) is 5.69 Å². The molecule has 4 N–H and O–H groups in total. The molecule has 0 saturated heterocycles.